The van der Waals surface area contributed by atoms with Gasteiger partial charge in [-0.05, 0) is 49.9 Å². The van der Waals surface area contributed by atoms with Gasteiger partial charge in [-0.15, -0.1) is 22.7 Å². The van der Waals surface area contributed by atoms with Crippen LogP contribution in [0.15, 0.2) is 18.2 Å². The van der Waals surface area contributed by atoms with Gasteiger partial charge in [0.25, 0.3) is 0 Å². The van der Waals surface area contributed by atoms with Gasteiger partial charge in [0, 0.05) is 22.3 Å². The van der Waals surface area contributed by atoms with Crippen molar-refractivity contribution < 1.29 is 0 Å². The average molecular weight is 401 g/mol. The number of likely N-dealkylation sites (tertiary alicyclic amines) is 1. The quantitative estimate of drug-likeness (QED) is 0.615. The van der Waals surface area contributed by atoms with E-state index >= 15 is 0 Å². The molecule has 0 saturated carbocycles. The maximum absolute atomic E-state index is 6.31. The predicted molar refractivity (Wildman–Crippen MR) is 118 cm³/mol. The van der Waals surface area contributed by atoms with Crippen LogP contribution in [0.3, 0.4) is 0 Å². The Labute approximate surface area is 169 Å². The lowest BCUT2D eigenvalue weighted by atomic mass is 9.95. The third-order valence-corrected chi connectivity index (χ3v) is 7.86. The molecule has 0 radical (unpaired) electrons. The summed E-state index contributed by atoms with van der Waals surface area (Å²) in [4.78, 5) is 16.8. The lowest BCUT2D eigenvalue weighted by Crippen LogP contribution is -2.36. The van der Waals surface area contributed by atoms with Crippen molar-refractivity contribution in [2.24, 2.45) is 0 Å². The molecule has 0 unspecified atom stereocenters. The summed E-state index contributed by atoms with van der Waals surface area (Å²) in [5, 5.41) is 0.996. The van der Waals surface area contributed by atoms with E-state index in [1.54, 1.807) is 22.7 Å². The molecule has 1 atom stereocenters. The van der Waals surface area contributed by atoms with E-state index < -0.39 is 0 Å². The molecular formula is C21H28N4S2. The fraction of sp³-hybridized carbons (Fsp3) is 0.524. The van der Waals surface area contributed by atoms with Crippen molar-refractivity contribution in [3.63, 3.8) is 0 Å². The van der Waals surface area contributed by atoms with Gasteiger partial charge >= 0.3 is 0 Å². The average Bonchev–Trinajstić information content (AvgIpc) is 3.23. The molecule has 1 saturated heterocycles. The summed E-state index contributed by atoms with van der Waals surface area (Å²) in [5.41, 5.74) is 6.45. The molecule has 1 aliphatic rings. The molecular weight excluding hydrogens is 372 g/mol. The summed E-state index contributed by atoms with van der Waals surface area (Å²) in [6, 6.07) is 7.15. The van der Waals surface area contributed by atoms with Crippen LogP contribution in [0, 0.1) is 0 Å². The van der Waals surface area contributed by atoms with Crippen molar-refractivity contribution in [2.75, 3.05) is 12.3 Å². The van der Waals surface area contributed by atoms with Crippen LogP contribution in [0.4, 0.5) is 5.82 Å². The third-order valence-electron chi connectivity index (χ3n) is 5.34. The van der Waals surface area contributed by atoms with Gasteiger partial charge in [0.1, 0.15) is 10.6 Å². The summed E-state index contributed by atoms with van der Waals surface area (Å²) < 4.78 is 0. The second kappa shape index (κ2) is 7.15. The molecule has 144 valence electrons. The first-order valence-corrected chi connectivity index (χ1v) is 11.4. The number of aromatic nitrogens is 2. The minimum absolute atomic E-state index is 0.139. The largest absolute Gasteiger partial charge is 0.383 e. The molecule has 0 spiro atoms. The van der Waals surface area contributed by atoms with E-state index in [0.29, 0.717) is 11.9 Å². The number of anilines is 1. The molecule has 1 fully saturated rings. The van der Waals surface area contributed by atoms with Crippen LogP contribution >= 0.6 is 22.7 Å². The normalized spacial score (nSPS) is 19.0. The molecule has 3 aromatic rings. The maximum Gasteiger partial charge on any atom is 0.173 e. The summed E-state index contributed by atoms with van der Waals surface area (Å²) in [7, 11) is 0. The third kappa shape index (κ3) is 3.89. The van der Waals surface area contributed by atoms with E-state index in [1.807, 2.05) is 0 Å². The summed E-state index contributed by atoms with van der Waals surface area (Å²) in [6.07, 6.45) is 3.95. The van der Waals surface area contributed by atoms with Gasteiger partial charge < -0.3 is 5.73 Å². The molecule has 1 aliphatic heterocycles. The summed E-state index contributed by atoms with van der Waals surface area (Å²) >= 11 is 3.52. The Balaban J connectivity index is 1.64. The zero-order valence-electron chi connectivity index (χ0n) is 16.6. The molecule has 4 heterocycles. The first-order chi connectivity index (χ1) is 12.8. The zero-order chi connectivity index (χ0) is 19.2. The molecule has 3 aromatic heterocycles. The standard InChI is InChI=1S/C21H28N4S2/c1-13-7-5-6-10-25(13)12-14-11-15-18(22)23-19(24-20(15)26-14)16-8-9-17(27-16)21(2,3)4/h8-9,11,13H,5-7,10,12H2,1-4H3,(H2,22,23,24)/t13-/m0/s1. The SMILES string of the molecule is C[C@H]1CCCCN1Cc1cc2c(N)nc(-c3ccc(C(C)(C)C)s3)nc2s1. The van der Waals surface area contributed by atoms with Gasteiger partial charge in [0.05, 0.1) is 10.3 Å². The number of fused-ring (bicyclic) bond motifs is 1. The monoisotopic (exact) mass is 400 g/mol. The molecule has 2 N–H and O–H groups in total. The van der Waals surface area contributed by atoms with E-state index in [-0.39, 0.29) is 5.41 Å². The molecule has 0 aromatic carbocycles. The number of piperidine rings is 1. The van der Waals surface area contributed by atoms with Crippen LogP contribution in [-0.2, 0) is 12.0 Å². The topological polar surface area (TPSA) is 55.0 Å². The molecule has 27 heavy (non-hydrogen) atoms. The Hall–Kier alpha value is -1.50. The maximum atomic E-state index is 6.31. The fourth-order valence-electron chi connectivity index (χ4n) is 3.64. The van der Waals surface area contributed by atoms with E-state index in [2.05, 4.69) is 55.8 Å². The Morgan fingerprint density at radius 1 is 1.19 bits per heavy atom. The number of nitrogens with zero attached hydrogens (tertiary/aromatic N) is 3. The first-order valence-electron chi connectivity index (χ1n) is 9.72. The Kier molecular flexibility index (Phi) is 4.99. The van der Waals surface area contributed by atoms with Crippen molar-refractivity contribution in [2.45, 2.75) is 65.0 Å². The van der Waals surface area contributed by atoms with Gasteiger partial charge in [0.2, 0.25) is 0 Å². The van der Waals surface area contributed by atoms with Crippen LogP contribution in [-0.4, -0.2) is 27.5 Å². The van der Waals surface area contributed by atoms with E-state index in [4.69, 9.17) is 10.7 Å². The Morgan fingerprint density at radius 2 is 2.00 bits per heavy atom. The van der Waals surface area contributed by atoms with Crippen molar-refractivity contribution in [3.8, 4) is 10.7 Å². The lowest BCUT2D eigenvalue weighted by molar-refractivity contribution is 0.154. The summed E-state index contributed by atoms with van der Waals surface area (Å²) in [6.45, 7) is 11.2. The number of nitrogen functional groups attached to an aromatic ring is 1. The highest BCUT2D eigenvalue weighted by molar-refractivity contribution is 7.18. The predicted octanol–water partition coefficient (Wildman–Crippen LogP) is 5.67. The van der Waals surface area contributed by atoms with E-state index in [0.717, 1.165) is 27.5 Å². The van der Waals surface area contributed by atoms with Gasteiger partial charge in [-0.2, -0.15) is 0 Å². The van der Waals surface area contributed by atoms with Crippen LogP contribution in [0.2, 0.25) is 0 Å². The highest BCUT2D eigenvalue weighted by Gasteiger charge is 2.21. The second-order valence-corrected chi connectivity index (χ2v) is 10.8. The second-order valence-electron chi connectivity index (χ2n) is 8.59. The van der Waals surface area contributed by atoms with Gasteiger partial charge in [-0.25, -0.2) is 9.97 Å². The zero-order valence-corrected chi connectivity index (χ0v) is 18.2. The van der Waals surface area contributed by atoms with E-state index in [1.165, 1.54) is 35.6 Å². The van der Waals surface area contributed by atoms with Crippen molar-refractivity contribution in [1.29, 1.82) is 0 Å². The molecule has 6 heteroatoms. The molecule has 0 aliphatic carbocycles. The number of thiophene rings is 2. The lowest BCUT2D eigenvalue weighted by Gasteiger charge is -2.32. The number of rotatable bonds is 3. The molecule has 0 amide bonds. The van der Waals surface area contributed by atoms with Crippen LogP contribution in [0.1, 0.15) is 56.7 Å². The molecule has 4 nitrogen and oxygen atoms in total. The van der Waals surface area contributed by atoms with Crippen molar-refractivity contribution in [1.82, 2.24) is 14.9 Å². The van der Waals surface area contributed by atoms with Gasteiger partial charge in [-0.1, -0.05) is 27.2 Å². The number of hydrogen-bond acceptors (Lipinski definition) is 6. The highest BCUT2D eigenvalue weighted by Crippen LogP contribution is 2.36. The van der Waals surface area contributed by atoms with Crippen LogP contribution in [0.5, 0.6) is 0 Å². The number of hydrogen-bond donors (Lipinski definition) is 1. The Morgan fingerprint density at radius 3 is 2.70 bits per heavy atom. The highest BCUT2D eigenvalue weighted by atomic mass is 32.1. The smallest absolute Gasteiger partial charge is 0.173 e. The van der Waals surface area contributed by atoms with Crippen LogP contribution < -0.4 is 5.73 Å². The van der Waals surface area contributed by atoms with Gasteiger partial charge in [0.15, 0.2) is 5.82 Å². The summed E-state index contributed by atoms with van der Waals surface area (Å²) in [5.74, 6) is 1.34. The fourth-order valence-corrected chi connectivity index (χ4v) is 5.69. The minimum atomic E-state index is 0.139. The number of nitrogens with two attached hydrogens (primary N) is 1. The Bertz CT molecular complexity index is 951. The first kappa shape index (κ1) is 18.8. The van der Waals surface area contributed by atoms with Crippen molar-refractivity contribution >= 4 is 38.7 Å². The van der Waals surface area contributed by atoms with Gasteiger partial charge in [-0.3, -0.25) is 4.90 Å². The minimum Gasteiger partial charge on any atom is -0.383 e. The van der Waals surface area contributed by atoms with Crippen molar-refractivity contribution in [3.05, 3.63) is 28.0 Å². The molecule has 4 rings (SSSR count). The van der Waals surface area contributed by atoms with Crippen LogP contribution in [0.25, 0.3) is 20.9 Å². The van der Waals surface area contributed by atoms with E-state index in [9.17, 15) is 0 Å². The molecule has 0 bridgehead atoms.